The largest absolute Gasteiger partial charge is 0.456 e. The van der Waals surface area contributed by atoms with Crippen molar-refractivity contribution in [1.82, 2.24) is 10.3 Å². The van der Waals surface area contributed by atoms with Gasteiger partial charge in [0.25, 0.3) is 5.91 Å². The SMILES string of the molecule is Cc1cc2c(cc1Cc1ccc(C(=O)NCc3cccnc3)o1)C(C)(C)CCC2(C)C. The normalized spacial score (nSPS) is 16.5. The summed E-state index contributed by atoms with van der Waals surface area (Å²) >= 11 is 0. The minimum absolute atomic E-state index is 0.174. The average molecular weight is 417 g/mol. The molecule has 0 aliphatic heterocycles. The molecular formula is C27H32N2O2. The van der Waals surface area contributed by atoms with Crippen molar-refractivity contribution in [3.8, 4) is 0 Å². The third-order valence-corrected chi connectivity index (χ3v) is 6.74. The van der Waals surface area contributed by atoms with E-state index in [0.29, 0.717) is 18.7 Å². The molecule has 31 heavy (non-hydrogen) atoms. The van der Waals surface area contributed by atoms with Crippen molar-refractivity contribution in [2.45, 2.75) is 71.3 Å². The zero-order valence-corrected chi connectivity index (χ0v) is 19.2. The molecule has 0 spiro atoms. The molecule has 0 atom stereocenters. The van der Waals surface area contributed by atoms with E-state index in [2.05, 4.69) is 57.1 Å². The van der Waals surface area contributed by atoms with Gasteiger partial charge in [0.2, 0.25) is 0 Å². The molecule has 0 unspecified atom stereocenters. The Labute approximate surface area is 185 Å². The summed E-state index contributed by atoms with van der Waals surface area (Å²) in [6.45, 7) is 12.0. The summed E-state index contributed by atoms with van der Waals surface area (Å²) in [5.74, 6) is 0.943. The standard InChI is InChI=1S/C27H32N2O2/c1-18-13-22-23(27(4,5)11-10-26(22,2)3)15-20(18)14-21-8-9-24(31-21)25(30)29-17-19-7-6-12-28-16-19/h6-9,12-13,15-16H,10-11,14,17H2,1-5H3,(H,29,30). The number of aryl methyl sites for hydroxylation is 1. The Morgan fingerprint density at radius 3 is 2.45 bits per heavy atom. The van der Waals surface area contributed by atoms with Crippen LogP contribution in [0.1, 0.15) is 84.7 Å². The summed E-state index contributed by atoms with van der Waals surface area (Å²) in [7, 11) is 0. The summed E-state index contributed by atoms with van der Waals surface area (Å²) in [6.07, 6.45) is 6.55. The second-order valence-corrected chi connectivity index (χ2v) is 10.1. The Balaban J connectivity index is 1.51. The molecule has 0 saturated carbocycles. The lowest BCUT2D eigenvalue weighted by molar-refractivity contribution is 0.0921. The van der Waals surface area contributed by atoms with Crippen LogP contribution in [0.2, 0.25) is 0 Å². The summed E-state index contributed by atoms with van der Waals surface area (Å²) in [5.41, 5.74) is 6.81. The number of rotatable bonds is 5. The number of pyridine rings is 1. The molecule has 4 rings (SSSR count). The van der Waals surface area contributed by atoms with Crippen LogP contribution >= 0.6 is 0 Å². The van der Waals surface area contributed by atoms with Crippen molar-refractivity contribution in [2.24, 2.45) is 0 Å². The van der Waals surface area contributed by atoms with Gasteiger partial charge in [-0.2, -0.15) is 0 Å². The lowest BCUT2D eigenvalue weighted by Crippen LogP contribution is -2.34. The number of carbonyl (C=O) groups is 1. The fourth-order valence-corrected chi connectivity index (χ4v) is 4.51. The van der Waals surface area contributed by atoms with E-state index >= 15 is 0 Å². The fourth-order valence-electron chi connectivity index (χ4n) is 4.51. The number of fused-ring (bicyclic) bond motifs is 1. The molecule has 1 amide bonds. The van der Waals surface area contributed by atoms with E-state index in [1.54, 1.807) is 18.5 Å². The van der Waals surface area contributed by atoms with Gasteiger partial charge in [0.05, 0.1) is 0 Å². The average Bonchev–Trinajstić information content (AvgIpc) is 3.20. The first-order valence-corrected chi connectivity index (χ1v) is 11.1. The van der Waals surface area contributed by atoms with Gasteiger partial charge in [0, 0.05) is 25.4 Å². The van der Waals surface area contributed by atoms with Crippen LogP contribution in [-0.2, 0) is 23.8 Å². The highest BCUT2D eigenvalue weighted by molar-refractivity contribution is 5.91. The summed E-state index contributed by atoms with van der Waals surface area (Å²) in [6, 6.07) is 12.2. The van der Waals surface area contributed by atoms with Crippen LogP contribution in [-0.4, -0.2) is 10.9 Å². The topological polar surface area (TPSA) is 55.1 Å². The van der Waals surface area contributed by atoms with Crippen molar-refractivity contribution in [3.63, 3.8) is 0 Å². The fraction of sp³-hybridized carbons (Fsp3) is 0.407. The highest BCUT2D eigenvalue weighted by Gasteiger charge is 2.37. The number of nitrogens with zero attached hydrogens (tertiary/aromatic N) is 1. The van der Waals surface area contributed by atoms with Crippen molar-refractivity contribution in [1.29, 1.82) is 0 Å². The maximum Gasteiger partial charge on any atom is 0.287 e. The first-order valence-electron chi connectivity index (χ1n) is 11.1. The maximum atomic E-state index is 12.5. The number of nitrogens with one attached hydrogen (secondary N) is 1. The molecule has 0 bridgehead atoms. The summed E-state index contributed by atoms with van der Waals surface area (Å²) in [4.78, 5) is 16.5. The number of hydrogen-bond donors (Lipinski definition) is 1. The van der Waals surface area contributed by atoms with Crippen LogP contribution in [0.15, 0.2) is 53.2 Å². The Morgan fingerprint density at radius 1 is 1.06 bits per heavy atom. The minimum atomic E-state index is -0.208. The third kappa shape index (κ3) is 4.43. The Hall–Kier alpha value is -2.88. The summed E-state index contributed by atoms with van der Waals surface area (Å²) < 4.78 is 5.90. The van der Waals surface area contributed by atoms with E-state index in [4.69, 9.17) is 4.42 Å². The molecule has 0 saturated heterocycles. The van der Waals surface area contributed by atoms with Crippen molar-refractivity contribution in [2.75, 3.05) is 0 Å². The van der Waals surface area contributed by atoms with Gasteiger partial charge in [0.1, 0.15) is 5.76 Å². The molecule has 0 radical (unpaired) electrons. The minimum Gasteiger partial charge on any atom is -0.456 e. The van der Waals surface area contributed by atoms with Gasteiger partial charge in [-0.05, 0) is 76.6 Å². The summed E-state index contributed by atoms with van der Waals surface area (Å²) in [5, 5.41) is 2.89. The van der Waals surface area contributed by atoms with E-state index in [0.717, 1.165) is 11.3 Å². The van der Waals surface area contributed by atoms with Gasteiger partial charge in [0.15, 0.2) is 5.76 Å². The number of carbonyl (C=O) groups excluding carboxylic acids is 1. The molecule has 4 heteroatoms. The van der Waals surface area contributed by atoms with Gasteiger partial charge in [-0.25, -0.2) is 0 Å². The molecule has 1 aliphatic carbocycles. The van der Waals surface area contributed by atoms with Gasteiger partial charge in [-0.1, -0.05) is 45.9 Å². The van der Waals surface area contributed by atoms with Crippen LogP contribution in [0, 0.1) is 6.92 Å². The van der Waals surface area contributed by atoms with Gasteiger partial charge in [-0.3, -0.25) is 9.78 Å². The predicted octanol–water partition coefficient (Wildman–Crippen LogP) is 5.85. The second-order valence-electron chi connectivity index (χ2n) is 10.1. The van der Waals surface area contributed by atoms with Crippen LogP contribution in [0.4, 0.5) is 0 Å². The number of hydrogen-bond acceptors (Lipinski definition) is 3. The van der Waals surface area contributed by atoms with Crippen molar-refractivity contribution < 1.29 is 9.21 Å². The quantitative estimate of drug-likeness (QED) is 0.567. The van der Waals surface area contributed by atoms with E-state index in [1.165, 1.54) is 35.1 Å². The second kappa shape index (κ2) is 7.99. The van der Waals surface area contributed by atoms with Crippen LogP contribution < -0.4 is 5.32 Å². The molecule has 1 aliphatic rings. The monoisotopic (exact) mass is 416 g/mol. The first-order chi connectivity index (χ1) is 14.7. The van der Waals surface area contributed by atoms with Crippen LogP contribution in [0.25, 0.3) is 0 Å². The molecule has 0 fully saturated rings. The molecule has 4 nitrogen and oxygen atoms in total. The molecule has 3 aromatic rings. The van der Waals surface area contributed by atoms with Crippen LogP contribution in [0.3, 0.4) is 0 Å². The van der Waals surface area contributed by atoms with E-state index < -0.39 is 0 Å². The number of aromatic nitrogens is 1. The van der Waals surface area contributed by atoms with E-state index in [9.17, 15) is 4.79 Å². The number of benzene rings is 1. The number of furan rings is 1. The van der Waals surface area contributed by atoms with E-state index in [-0.39, 0.29) is 16.7 Å². The Kier molecular flexibility index (Phi) is 5.50. The van der Waals surface area contributed by atoms with Crippen molar-refractivity contribution in [3.05, 3.63) is 88.1 Å². The molecule has 1 aromatic carbocycles. The molecule has 2 heterocycles. The highest BCUT2D eigenvalue weighted by Crippen LogP contribution is 2.46. The zero-order valence-electron chi connectivity index (χ0n) is 19.2. The molecular weight excluding hydrogens is 384 g/mol. The molecule has 1 N–H and O–H groups in total. The van der Waals surface area contributed by atoms with E-state index in [1.807, 2.05) is 18.2 Å². The van der Waals surface area contributed by atoms with Gasteiger partial charge in [-0.15, -0.1) is 0 Å². The van der Waals surface area contributed by atoms with Gasteiger partial charge >= 0.3 is 0 Å². The smallest absolute Gasteiger partial charge is 0.287 e. The Bertz CT molecular complexity index is 1090. The number of amides is 1. The maximum absolute atomic E-state index is 12.5. The van der Waals surface area contributed by atoms with Crippen molar-refractivity contribution >= 4 is 5.91 Å². The van der Waals surface area contributed by atoms with Crippen LogP contribution in [0.5, 0.6) is 0 Å². The molecule has 2 aromatic heterocycles. The lowest BCUT2D eigenvalue weighted by Gasteiger charge is -2.42. The highest BCUT2D eigenvalue weighted by atomic mass is 16.3. The molecule has 162 valence electrons. The van der Waals surface area contributed by atoms with Gasteiger partial charge < -0.3 is 9.73 Å². The third-order valence-electron chi connectivity index (χ3n) is 6.74. The Morgan fingerprint density at radius 2 is 1.77 bits per heavy atom. The predicted molar refractivity (Wildman–Crippen MR) is 123 cm³/mol. The zero-order chi connectivity index (χ0) is 22.2. The first kappa shape index (κ1) is 21.4. The lowest BCUT2D eigenvalue weighted by atomic mass is 9.62.